The van der Waals surface area contributed by atoms with Crippen LogP contribution in [0.5, 0.6) is 0 Å². The van der Waals surface area contributed by atoms with Crippen LogP contribution in [-0.2, 0) is 4.79 Å². The van der Waals surface area contributed by atoms with Gasteiger partial charge in [0.25, 0.3) is 0 Å². The summed E-state index contributed by atoms with van der Waals surface area (Å²) in [4.78, 5) is 11.2. The van der Waals surface area contributed by atoms with E-state index >= 15 is 0 Å². The smallest absolute Gasteiger partial charge is 0.656 e. The minimum absolute atomic E-state index is 0. The van der Waals surface area contributed by atoms with Gasteiger partial charge in [0.2, 0.25) is 0 Å². The van der Waals surface area contributed by atoms with Gasteiger partial charge in [0.05, 0.1) is 5.91 Å². The van der Waals surface area contributed by atoms with Crippen LogP contribution in [0.25, 0.3) is 5.32 Å². The fourth-order valence-corrected chi connectivity index (χ4v) is 1.75. The van der Waals surface area contributed by atoms with Crippen LogP contribution in [0, 0.1) is 11.3 Å². The zero-order chi connectivity index (χ0) is 9.19. The molecule has 70 valence electrons. The summed E-state index contributed by atoms with van der Waals surface area (Å²) in [5.74, 6) is 0.133. The average molecular weight is 208 g/mol. The second kappa shape index (κ2) is 5.83. The first-order valence-corrected chi connectivity index (χ1v) is 4.39. The Morgan fingerprint density at radius 2 is 2.15 bits per heavy atom. The molecule has 0 aliphatic carbocycles. The predicted molar refractivity (Wildman–Crippen MR) is 49.0 cm³/mol. The number of rotatable bonds is 1. The van der Waals surface area contributed by atoms with Crippen molar-refractivity contribution in [2.24, 2.45) is 11.3 Å². The van der Waals surface area contributed by atoms with Gasteiger partial charge in [-0.15, -0.1) is 7.05 Å². The third-order valence-corrected chi connectivity index (χ3v) is 2.36. The van der Waals surface area contributed by atoms with E-state index in [1.807, 2.05) is 0 Å². The van der Waals surface area contributed by atoms with Crippen LogP contribution in [0.2, 0.25) is 0 Å². The summed E-state index contributed by atoms with van der Waals surface area (Å²) >= 11 is 0. The summed E-state index contributed by atoms with van der Waals surface area (Å²) in [6, 6.07) is 0. The largest absolute Gasteiger partial charge is 1.00 e. The molecule has 1 rings (SSSR count). The summed E-state index contributed by atoms with van der Waals surface area (Å²) in [6.07, 6.45) is 0.955. The molecule has 1 saturated heterocycles. The van der Waals surface area contributed by atoms with E-state index in [2.05, 4.69) is 24.5 Å². The van der Waals surface area contributed by atoms with Gasteiger partial charge < -0.3 is 15.4 Å². The van der Waals surface area contributed by atoms with Crippen LogP contribution < -0.4 is 56.7 Å². The molecule has 0 radical (unpaired) electrons. The minimum Gasteiger partial charge on any atom is -0.656 e. The van der Waals surface area contributed by atoms with Crippen LogP contribution in [0.3, 0.4) is 0 Å². The van der Waals surface area contributed by atoms with E-state index in [1.165, 1.54) is 0 Å². The third-order valence-electron chi connectivity index (χ3n) is 2.36. The van der Waals surface area contributed by atoms with Crippen molar-refractivity contribution in [3.8, 4) is 0 Å². The molecule has 1 aliphatic heterocycles. The van der Waals surface area contributed by atoms with Crippen LogP contribution in [-0.4, -0.2) is 26.0 Å². The summed E-state index contributed by atoms with van der Waals surface area (Å²) in [6.45, 7) is 6.14. The average Bonchev–Trinajstić information content (AvgIpc) is 2.01. The van der Waals surface area contributed by atoms with Gasteiger partial charge in [0.15, 0.2) is 0 Å². The molecular weight excluding hydrogens is 191 g/mol. The van der Waals surface area contributed by atoms with E-state index in [-0.39, 0.29) is 68.6 Å². The molecule has 1 atom stereocenters. The van der Waals surface area contributed by atoms with Crippen molar-refractivity contribution in [3.05, 3.63) is 5.32 Å². The minimum atomic E-state index is 0. The van der Waals surface area contributed by atoms with Crippen molar-refractivity contribution in [3.63, 3.8) is 0 Å². The molecule has 3 nitrogen and oxygen atoms in total. The first kappa shape index (κ1) is 14.1. The van der Waals surface area contributed by atoms with Gasteiger partial charge in [0.1, 0.15) is 0 Å². The van der Waals surface area contributed by atoms with Crippen molar-refractivity contribution < 1.29 is 56.2 Å². The van der Waals surface area contributed by atoms with Gasteiger partial charge in [-0.3, -0.25) is 0 Å². The second-order valence-corrected chi connectivity index (χ2v) is 4.26. The van der Waals surface area contributed by atoms with E-state index in [4.69, 9.17) is 0 Å². The first-order valence-electron chi connectivity index (χ1n) is 4.39. The predicted octanol–water partition coefficient (Wildman–Crippen LogP) is -1.84. The van der Waals surface area contributed by atoms with Crippen molar-refractivity contribution in [1.29, 1.82) is 0 Å². The molecule has 13 heavy (non-hydrogen) atoms. The van der Waals surface area contributed by atoms with Gasteiger partial charge in [-0.05, 0) is 11.8 Å². The fraction of sp³-hybridized carbons (Fsp3) is 0.889. The Bertz CT molecular complexity index is 182. The molecule has 1 fully saturated rings. The molecule has 0 aromatic carbocycles. The van der Waals surface area contributed by atoms with E-state index in [1.54, 1.807) is 7.05 Å². The standard InChI is InChI=1S/C9H18N2O.K/c1-9(2)4-7(5-11-6-9)8(12)10-3;/h7,11H,4-6H2,1-3H3,(H,10,12);/q;+1/p-1. The number of nitrogens with zero attached hydrogens (tertiary/aromatic N) is 1. The third kappa shape index (κ3) is 4.40. The van der Waals surface area contributed by atoms with Crippen molar-refractivity contribution >= 4 is 5.91 Å². The van der Waals surface area contributed by atoms with Gasteiger partial charge in [-0.1, -0.05) is 13.8 Å². The van der Waals surface area contributed by atoms with E-state index < -0.39 is 0 Å². The molecule has 1 unspecified atom stereocenters. The van der Waals surface area contributed by atoms with Gasteiger partial charge in [-0.2, -0.15) is 0 Å². The van der Waals surface area contributed by atoms with E-state index in [9.17, 15) is 4.79 Å². The van der Waals surface area contributed by atoms with E-state index in [0.717, 1.165) is 19.5 Å². The second-order valence-electron chi connectivity index (χ2n) is 4.26. The number of hydrogen-bond donors (Lipinski definition) is 1. The topological polar surface area (TPSA) is 43.2 Å². The Balaban J connectivity index is 0.00000144. The van der Waals surface area contributed by atoms with Gasteiger partial charge in [-0.25, -0.2) is 0 Å². The van der Waals surface area contributed by atoms with Crippen LogP contribution in [0.15, 0.2) is 0 Å². The van der Waals surface area contributed by atoms with Crippen molar-refractivity contribution in [2.75, 3.05) is 20.1 Å². The summed E-state index contributed by atoms with van der Waals surface area (Å²) in [7, 11) is 1.57. The zero-order valence-corrected chi connectivity index (χ0v) is 12.2. The van der Waals surface area contributed by atoms with Gasteiger partial charge in [0, 0.05) is 19.0 Å². The molecule has 4 heteroatoms. The van der Waals surface area contributed by atoms with Crippen molar-refractivity contribution in [1.82, 2.24) is 5.32 Å². The maximum absolute atomic E-state index is 11.2. The monoisotopic (exact) mass is 208 g/mol. The zero-order valence-electron chi connectivity index (χ0n) is 9.05. The molecule has 1 aliphatic rings. The SMILES string of the molecule is C[N-]C(=O)C1CNCC(C)(C)C1.[K+]. The number of amides is 1. The molecule has 1 heterocycles. The molecule has 0 saturated carbocycles. The van der Waals surface area contributed by atoms with E-state index in [0.29, 0.717) is 0 Å². The Morgan fingerprint density at radius 3 is 2.62 bits per heavy atom. The Kier molecular flexibility index (Phi) is 6.31. The Hall–Kier alpha value is 1.07. The maximum Gasteiger partial charge on any atom is 1.00 e. The quantitative estimate of drug-likeness (QED) is 0.515. The maximum atomic E-state index is 11.2. The van der Waals surface area contributed by atoms with Crippen LogP contribution in [0.1, 0.15) is 20.3 Å². The number of carbonyl (C=O) groups is 1. The van der Waals surface area contributed by atoms with Gasteiger partial charge >= 0.3 is 51.4 Å². The number of carbonyl (C=O) groups excluding carboxylic acids is 1. The molecule has 1 N–H and O–H groups in total. The molecule has 1 amide bonds. The van der Waals surface area contributed by atoms with Crippen LogP contribution >= 0.6 is 0 Å². The Morgan fingerprint density at radius 1 is 1.54 bits per heavy atom. The molecule has 0 aromatic rings. The molecule has 0 spiro atoms. The summed E-state index contributed by atoms with van der Waals surface area (Å²) in [5.41, 5.74) is 0.239. The number of hydrogen-bond acceptors (Lipinski definition) is 2. The Labute approximate surface area is 123 Å². The molecule has 0 bridgehead atoms. The summed E-state index contributed by atoms with van der Waals surface area (Å²) < 4.78 is 0. The number of nitrogens with one attached hydrogen (secondary N) is 1. The van der Waals surface area contributed by atoms with Crippen molar-refractivity contribution in [2.45, 2.75) is 20.3 Å². The first-order chi connectivity index (χ1) is 5.55. The molecule has 0 aromatic heterocycles. The van der Waals surface area contributed by atoms with Crippen LogP contribution in [0.4, 0.5) is 0 Å². The molecular formula is C9H17KN2O. The summed E-state index contributed by atoms with van der Waals surface area (Å²) in [5, 5.41) is 6.96. The fourth-order valence-electron chi connectivity index (χ4n) is 1.75. The number of piperidine rings is 1. The normalized spacial score (nSPS) is 25.9.